The number of thiophene rings is 1. The zero-order valence-corrected chi connectivity index (χ0v) is 14.9. The van der Waals surface area contributed by atoms with Gasteiger partial charge in [0.15, 0.2) is 0 Å². The highest BCUT2D eigenvalue weighted by Crippen LogP contribution is 2.21. The molecule has 5 nitrogen and oxygen atoms in total. The number of nitrogens with zero attached hydrogens (tertiary/aromatic N) is 2. The molecule has 1 fully saturated rings. The maximum Gasteiger partial charge on any atom is 0.253 e. The van der Waals surface area contributed by atoms with E-state index in [1.807, 2.05) is 37.4 Å². The van der Waals surface area contributed by atoms with E-state index in [9.17, 15) is 4.79 Å². The van der Waals surface area contributed by atoms with Crippen LogP contribution >= 0.6 is 11.3 Å². The van der Waals surface area contributed by atoms with Gasteiger partial charge in [0, 0.05) is 36.6 Å². The lowest BCUT2D eigenvalue weighted by atomic mass is 10.1. The third-order valence-electron chi connectivity index (χ3n) is 4.16. The highest BCUT2D eigenvalue weighted by Gasteiger charge is 2.17. The predicted molar refractivity (Wildman–Crippen MR) is 96.5 cm³/mol. The molecule has 0 aliphatic carbocycles. The van der Waals surface area contributed by atoms with Gasteiger partial charge in [-0.05, 0) is 37.4 Å². The van der Waals surface area contributed by atoms with Gasteiger partial charge in [-0.1, -0.05) is 0 Å². The molecule has 0 spiro atoms. The normalized spacial score (nSPS) is 16.8. The van der Waals surface area contributed by atoms with E-state index in [0.29, 0.717) is 5.56 Å². The Morgan fingerprint density at radius 3 is 2.83 bits per heavy atom. The third kappa shape index (κ3) is 4.20. The standard InChI is InChI=1S/C18H23N3O2S/c1-13(11-21-6-8-23-9-7-21)19-18(22)16-3-4-17(20-14(16)2)15-5-10-24-12-15/h3-5,10,12-13H,6-9,11H2,1-2H3,(H,19,22). The van der Waals surface area contributed by atoms with Gasteiger partial charge >= 0.3 is 0 Å². The number of pyridine rings is 1. The minimum atomic E-state index is -0.0578. The van der Waals surface area contributed by atoms with Crippen LogP contribution in [0.15, 0.2) is 29.0 Å². The molecular weight excluding hydrogens is 322 g/mol. The Labute approximate surface area is 146 Å². The van der Waals surface area contributed by atoms with Crippen LogP contribution < -0.4 is 5.32 Å². The molecule has 3 rings (SSSR count). The smallest absolute Gasteiger partial charge is 0.253 e. The fourth-order valence-corrected chi connectivity index (χ4v) is 3.54. The van der Waals surface area contributed by atoms with E-state index in [4.69, 9.17) is 4.74 Å². The first-order valence-electron chi connectivity index (χ1n) is 8.24. The van der Waals surface area contributed by atoms with Crippen LogP contribution in [0.5, 0.6) is 0 Å². The molecular formula is C18H23N3O2S. The molecule has 1 aliphatic rings. The first kappa shape index (κ1) is 17.1. The minimum absolute atomic E-state index is 0.0578. The highest BCUT2D eigenvalue weighted by molar-refractivity contribution is 7.08. The summed E-state index contributed by atoms with van der Waals surface area (Å²) >= 11 is 1.64. The van der Waals surface area contributed by atoms with Crippen molar-refractivity contribution in [3.8, 4) is 11.3 Å². The first-order chi connectivity index (χ1) is 11.6. The van der Waals surface area contributed by atoms with Crippen LogP contribution in [0.2, 0.25) is 0 Å². The lowest BCUT2D eigenvalue weighted by Gasteiger charge is -2.29. The van der Waals surface area contributed by atoms with Gasteiger partial charge in [-0.2, -0.15) is 11.3 Å². The fraction of sp³-hybridized carbons (Fsp3) is 0.444. The molecule has 0 saturated carbocycles. The maximum absolute atomic E-state index is 12.5. The fourth-order valence-electron chi connectivity index (χ4n) is 2.89. The van der Waals surface area contributed by atoms with Crippen LogP contribution in [0.1, 0.15) is 23.0 Å². The molecule has 1 aliphatic heterocycles. The summed E-state index contributed by atoms with van der Waals surface area (Å²) in [5.74, 6) is -0.0578. The molecule has 1 unspecified atom stereocenters. The molecule has 1 saturated heterocycles. The van der Waals surface area contributed by atoms with Crippen molar-refractivity contribution in [1.82, 2.24) is 15.2 Å². The molecule has 3 heterocycles. The second kappa shape index (κ2) is 7.88. The largest absolute Gasteiger partial charge is 0.379 e. The van der Waals surface area contributed by atoms with Gasteiger partial charge in [0.2, 0.25) is 0 Å². The van der Waals surface area contributed by atoms with E-state index in [1.54, 1.807) is 11.3 Å². The summed E-state index contributed by atoms with van der Waals surface area (Å²) in [7, 11) is 0. The number of aromatic nitrogens is 1. The molecule has 1 amide bonds. The van der Waals surface area contributed by atoms with Crippen molar-refractivity contribution in [2.24, 2.45) is 0 Å². The van der Waals surface area contributed by atoms with Crippen LogP contribution in [0.4, 0.5) is 0 Å². The van der Waals surface area contributed by atoms with E-state index < -0.39 is 0 Å². The Kier molecular flexibility index (Phi) is 5.60. The van der Waals surface area contributed by atoms with Crippen molar-refractivity contribution in [3.05, 3.63) is 40.2 Å². The number of morpholine rings is 1. The molecule has 2 aromatic rings. The lowest BCUT2D eigenvalue weighted by molar-refractivity contribution is 0.0342. The third-order valence-corrected chi connectivity index (χ3v) is 4.84. The number of hydrogen-bond acceptors (Lipinski definition) is 5. The van der Waals surface area contributed by atoms with Crippen molar-refractivity contribution in [2.75, 3.05) is 32.8 Å². The van der Waals surface area contributed by atoms with Crippen LogP contribution in [-0.2, 0) is 4.74 Å². The zero-order valence-electron chi connectivity index (χ0n) is 14.1. The monoisotopic (exact) mass is 345 g/mol. The Bertz CT molecular complexity index is 682. The second-order valence-electron chi connectivity index (χ2n) is 6.13. The van der Waals surface area contributed by atoms with Crippen LogP contribution in [0.25, 0.3) is 11.3 Å². The Hall–Kier alpha value is -1.76. The van der Waals surface area contributed by atoms with E-state index in [-0.39, 0.29) is 11.9 Å². The van der Waals surface area contributed by atoms with Gasteiger partial charge < -0.3 is 10.1 Å². The summed E-state index contributed by atoms with van der Waals surface area (Å²) in [5, 5.41) is 7.17. The summed E-state index contributed by atoms with van der Waals surface area (Å²) in [6.45, 7) is 8.16. The number of nitrogens with one attached hydrogen (secondary N) is 1. The van der Waals surface area contributed by atoms with Crippen LogP contribution in [0, 0.1) is 6.92 Å². The first-order valence-corrected chi connectivity index (χ1v) is 9.19. The van der Waals surface area contributed by atoms with Gasteiger partial charge in [0.25, 0.3) is 5.91 Å². The number of ether oxygens (including phenoxy) is 1. The second-order valence-corrected chi connectivity index (χ2v) is 6.91. The zero-order chi connectivity index (χ0) is 16.9. The number of hydrogen-bond donors (Lipinski definition) is 1. The number of rotatable bonds is 5. The SMILES string of the molecule is Cc1nc(-c2ccsc2)ccc1C(=O)NC(C)CN1CCOCC1. The molecule has 128 valence electrons. The molecule has 0 aromatic carbocycles. The van der Waals surface area contributed by atoms with E-state index in [2.05, 4.69) is 20.6 Å². The van der Waals surface area contributed by atoms with Gasteiger partial charge in [-0.3, -0.25) is 14.7 Å². The molecule has 1 N–H and O–H groups in total. The lowest BCUT2D eigenvalue weighted by Crippen LogP contribution is -2.46. The summed E-state index contributed by atoms with van der Waals surface area (Å²) in [6.07, 6.45) is 0. The summed E-state index contributed by atoms with van der Waals surface area (Å²) in [6, 6.07) is 5.91. The summed E-state index contributed by atoms with van der Waals surface area (Å²) in [5.41, 5.74) is 3.40. The molecule has 0 bridgehead atoms. The quantitative estimate of drug-likeness (QED) is 0.905. The molecule has 0 radical (unpaired) electrons. The van der Waals surface area contributed by atoms with Crippen LogP contribution in [-0.4, -0.2) is 54.7 Å². The van der Waals surface area contributed by atoms with E-state index in [1.165, 1.54) is 0 Å². The van der Waals surface area contributed by atoms with Gasteiger partial charge in [0.1, 0.15) is 0 Å². The average molecular weight is 345 g/mol. The van der Waals surface area contributed by atoms with Crippen LogP contribution in [0.3, 0.4) is 0 Å². The van der Waals surface area contributed by atoms with Crippen molar-refractivity contribution >= 4 is 17.2 Å². The van der Waals surface area contributed by atoms with Crippen molar-refractivity contribution < 1.29 is 9.53 Å². The number of carbonyl (C=O) groups is 1. The van der Waals surface area contributed by atoms with Crippen molar-refractivity contribution in [1.29, 1.82) is 0 Å². The van der Waals surface area contributed by atoms with E-state index >= 15 is 0 Å². The summed E-state index contributed by atoms with van der Waals surface area (Å²) in [4.78, 5) is 19.4. The molecule has 2 aromatic heterocycles. The summed E-state index contributed by atoms with van der Waals surface area (Å²) < 4.78 is 5.35. The van der Waals surface area contributed by atoms with E-state index in [0.717, 1.165) is 49.8 Å². The van der Waals surface area contributed by atoms with Gasteiger partial charge in [-0.15, -0.1) is 0 Å². The van der Waals surface area contributed by atoms with Gasteiger partial charge in [-0.25, -0.2) is 0 Å². The van der Waals surface area contributed by atoms with Crippen molar-refractivity contribution in [2.45, 2.75) is 19.9 Å². The average Bonchev–Trinajstić information content (AvgIpc) is 3.10. The van der Waals surface area contributed by atoms with Gasteiger partial charge in [0.05, 0.1) is 30.2 Å². The molecule has 1 atom stereocenters. The topological polar surface area (TPSA) is 54.5 Å². The molecule has 6 heteroatoms. The Morgan fingerprint density at radius 1 is 1.38 bits per heavy atom. The number of amides is 1. The maximum atomic E-state index is 12.5. The molecule has 24 heavy (non-hydrogen) atoms. The Balaban J connectivity index is 1.62. The minimum Gasteiger partial charge on any atom is -0.379 e. The van der Waals surface area contributed by atoms with Crippen molar-refractivity contribution in [3.63, 3.8) is 0 Å². The number of carbonyl (C=O) groups excluding carboxylic acids is 1. The number of aryl methyl sites for hydroxylation is 1. The predicted octanol–water partition coefficient (Wildman–Crippen LogP) is 2.57. The highest BCUT2D eigenvalue weighted by atomic mass is 32.1. The Morgan fingerprint density at radius 2 is 2.17 bits per heavy atom.